The molecule has 0 atom stereocenters. The third kappa shape index (κ3) is 4.33. The van der Waals surface area contributed by atoms with Crippen molar-refractivity contribution in [3.63, 3.8) is 0 Å². The van der Waals surface area contributed by atoms with Crippen LogP contribution in [-0.4, -0.2) is 57.2 Å². The molecule has 0 fully saturated rings. The summed E-state index contributed by atoms with van der Waals surface area (Å²) in [7, 11) is 4.60. The van der Waals surface area contributed by atoms with Crippen molar-refractivity contribution in [2.75, 3.05) is 26.6 Å². The standard InChI is InChI=1S/C22H23N7O4/c1-12-6-13(2)29(28-12)20-10-19(23-11-24-20)25-22(30)16-9-15(26-27-16)14-7-17(31-3)21(33-5)18(8-14)32-4/h6-11H,1-5H3,(H,26,27)(H,23,24,25,30). The average molecular weight is 449 g/mol. The number of methoxy groups -OCH3 is 3. The lowest BCUT2D eigenvalue weighted by atomic mass is 10.1. The molecule has 33 heavy (non-hydrogen) atoms. The Labute approximate surface area is 189 Å². The number of aryl methyl sites for hydroxylation is 2. The maximum Gasteiger partial charge on any atom is 0.274 e. The van der Waals surface area contributed by atoms with E-state index in [1.165, 1.54) is 27.7 Å². The fourth-order valence-corrected chi connectivity index (χ4v) is 3.39. The van der Waals surface area contributed by atoms with Crippen LogP contribution in [0, 0.1) is 13.8 Å². The van der Waals surface area contributed by atoms with Crippen molar-refractivity contribution >= 4 is 11.7 Å². The average Bonchev–Trinajstić information content (AvgIpc) is 3.44. The molecule has 1 amide bonds. The van der Waals surface area contributed by atoms with E-state index in [0.717, 1.165) is 11.4 Å². The largest absolute Gasteiger partial charge is 0.493 e. The van der Waals surface area contributed by atoms with E-state index in [4.69, 9.17) is 14.2 Å². The van der Waals surface area contributed by atoms with Gasteiger partial charge in [-0.15, -0.1) is 0 Å². The minimum Gasteiger partial charge on any atom is -0.493 e. The number of carbonyl (C=O) groups excluding carboxylic acids is 1. The van der Waals surface area contributed by atoms with Gasteiger partial charge in [0.2, 0.25) is 5.75 Å². The maximum atomic E-state index is 12.8. The molecule has 1 aromatic carbocycles. The van der Waals surface area contributed by atoms with Crippen molar-refractivity contribution in [3.8, 4) is 34.3 Å². The number of anilines is 1. The third-order valence-electron chi connectivity index (χ3n) is 4.90. The highest BCUT2D eigenvalue weighted by atomic mass is 16.5. The third-order valence-corrected chi connectivity index (χ3v) is 4.90. The van der Waals surface area contributed by atoms with Crippen molar-refractivity contribution in [3.05, 3.63) is 53.7 Å². The normalized spacial score (nSPS) is 10.7. The first kappa shape index (κ1) is 21.8. The Balaban J connectivity index is 1.57. The summed E-state index contributed by atoms with van der Waals surface area (Å²) in [6.07, 6.45) is 1.37. The summed E-state index contributed by atoms with van der Waals surface area (Å²) in [5.41, 5.74) is 3.27. The molecule has 0 aliphatic rings. The second-order valence-electron chi connectivity index (χ2n) is 7.14. The minimum atomic E-state index is -0.404. The van der Waals surface area contributed by atoms with Gasteiger partial charge in [0, 0.05) is 17.3 Å². The Bertz CT molecular complexity index is 1290. The number of amides is 1. The van der Waals surface area contributed by atoms with Gasteiger partial charge >= 0.3 is 0 Å². The molecule has 0 aliphatic carbocycles. The number of carbonyl (C=O) groups is 1. The molecule has 3 aromatic heterocycles. The summed E-state index contributed by atoms with van der Waals surface area (Å²) >= 11 is 0. The van der Waals surface area contributed by atoms with Crippen LogP contribution in [0.15, 0.2) is 36.7 Å². The number of H-pyrrole nitrogens is 1. The Morgan fingerprint density at radius 3 is 2.30 bits per heavy atom. The van der Waals surface area contributed by atoms with E-state index in [2.05, 4.69) is 30.6 Å². The molecular formula is C22H23N7O4. The van der Waals surface area contributed by atoms with Gasteiger partial charge in [0.15, 0.2) is 17.3 Å². The molecule has 0 bridgehead atoms. The smallest absolute Gasteiger partial charge is 0.274 e. The Morgan fingerprint density at radius 1 is 0.970 bits per heavy atom. The summed E-state index contributed by atoms with van der Waals surface area (Å²) < 4.78 is 17.8. The summed E-state index contributed by atoms with van der Waals surface area (Å²) in [5.74, 6) is 1.92. The zero-order chi connectivity index (χ0) is 23.5. The molecule has 11 nitrogen and oxygen atoms in total. The molecule has 0 spiro atoms. The molecular weight excluding hydrogens is 426 g/mol. The number of nitrogens with one attached hydrogen (secondary N) is 2. The van der Waals surface area contributed by atoms with E-state index >= 15 is 0 Å². The minimum absolute atomic E-state index is 0.255. The predicted octanol–water partition coefficient (Wildman–Crippen LogP) is 2.95. The van der Waals surface area contributed by atoms with Gasteiger partial charge in [-0.25, -0.2) is 14.6 Å². The number of hydrogen-bond acceptors (Lipinski definition) is 8. The van der Waals surface area contributed by atoms with Gasteiger partial charge in [-0.2, -0.15) is 10.2 Å². The van der Waals surface area contributed by atoms with E-state index in [1.807, 2.05) is 19.9 Å². The maximum absolute atomic E-state index is 12.8. The molecule has 170 valence electrons. The molecule has 0 unspecified atom stereocenters. The highest BCUT2D eigenvalue weighted by Gasteiger charge is 2.18. The second-order valence-corrected chi connectivity index (χ2v) is 7.14. The van der Waals surface area contributed by atoms with E-state index in [0.29, 0.717) is 40.1 Å². The molecule has 4 aromatic rings. The number of ether oxygens (including phenoxy) is 3. The Kier molecular flexibility index (Phi) is 5.94. The quantitative estimate of drug-likeness (QED) is 0.441. The van der Waals surface area contributed by atoms with Crippen LogP contribution in [0.2, 0.25) is 0 Å². The monoisotopic (exact) mass is 449 g/mol. The number of hydrogen-bond donors (Lipinski definition) is 2. The molecule has 0 saturated heterocycles. The van der Waals surface area contributed by atoms with Crippen LogP contribution >= 0.6 is 0 Å². The van der Waals surface area contributed by atoms with Gasteiger partial charge in [-0.1, -0.05) is 0 Å². The van der Waals surface area contributed by atoms with Gasteiger partial charge in [-0.3, -0.25) is 9.89 Å². The first-order valence-electron chi connectivity index (χ1n) is 9.96. The summed E-state index contributed by atoms with van der Waals surface area (Å²) in [6.45, 7) is 3.83. The van der Waals surface area contributed by atoms with Crippen LogP contribution in [-0.2, 0) is 0 Å². The first-order chi connectivity index (χ1) is 15.9. The van der Waals surface area contributed by atoms with Crippen molar-refractivity contribution in [2.45, 2.75) is 13.8 Å². The molecule has 11 heteroatoms. The second kappa shape index (κ2) is 8.99. The predicted molar refractivity (Wildman–Crippen MR) is 120 cm³/mol. The lowest BCUT2D eigenvalue weighted by molar-refractivity contribution is 0.102. The van der Waals surface area contributed by atoms with Crippen molar-refractivity contribution in [1.82, 2.24) is 29.9 Å². The van der Waals surface area contributed by atoms with Crippen LogP contribution in [0.1, 0.15) is 21.9 Å². The summed E-state index contributed by atoms with van der Waals surface area (Å²) in [5, 5.41) is 14.2. The van der Waals surface area contributed by atoms with E-state index in [-0.39, 0.29) is 5.69 Å². The SMILES string of the molecule is COc1cc(-c2cc(C(=O)Nc3cc(-n4nc(C)cc4C)ncn3)[nH]n2)cc(OC)c1OC. The lowest BCUT2D eigenvalue weighted by Gasteiger charge is -2.13. The molecule has 2 N–H and O–H groups in total. The summed E-state index contributed by atoms with van der Waals surface area (Å²) in [6, 6.07) is 8.72. The Morgan fingerprint density at radius 2 is 1.70 bits per heavy atom. The van der Waals surface area contributed by atoms with Crippen LogP contribution in [0.4, 0.5) is 5.82 Å². The topological polar surface area (TPSA) is 129 Å². The van der Waals surface area contributed by atoms with Crippen LogP contribution in [0.3, 0.4) is 0 Å². The lowest BCUT2D eigenvalue weighted by Crippen LogP contribution is -2.14. The van der Waals surface area contributed by atoms with Crippen LogP contribution < -0.4 is 19.5 Å². The zero-order valence-corrected chi connectivity index (χ0v) is 18.8. The van der Waals surface area contributed by atoms with Gasteiger partial charge in [0.05, 0.1) is 32.7 Å². The fraction of sp³-hybridized carbons (Fsp3) is 0.227. The molecule has 4 rings (SSSR count). The molecule has 0 aliphatic heterocycles. The van der Waals surface area contributed by atoms with Gasteiger partial charge < -0.3 is 19.5 Å². The fourth-order valence-electron chi connectivity index (χ4n) is 3.39. The number of aromatic amines is 1. The van der Waals surface area contributed by atoms with Crippen LogP contribution in [0.25, 0.3) is 17.1 Å². The van der Waals surface area contributed by atoms with Crippen LogP contribution in [0.5, 0.6) is 17.2 Å². The summed E-state index contributed by atoms with van der Waals surface area (Å²) in [4.78, 5) is 21.2. The van der Waals surface area contributed by atoms with Gasteiger partial charge in [-0.05, 0) is 38.1 Å². The molecule has 3 heterocycles. The first-order valence-corrected chi connectivity index (χ1v) is 9.96. The number of nitrogens with zero attached hydrogens (tertiary/aromatic N) is 5. The van der Waals surface area contributed by atoms with Crippen molar-refractivity contribution in [1.29, 1.82) is 0 Å². The highest BCUT2D eigenvalue weighted by molar-refractivity contribution is 6.03. The van der Waals surface area contributed by atoms with Crippen molar-refractivity contribution in [2.24, 2.45) is 0 Å². The highest BCUT2D eigenvalue weighted by Crippen LogP contribution is 2.40. The zero-order valence-electron chi connectivity index (χ0n) is 18.8. The van der Waals surface area contributed by atoms with E-state index in [1.54, 1.807) is 28.9 Å². The van der Waals surface area contributed by atoms with E-state index < -0.39 is 5.91 Å². The van der Waals surface area contributed by atoms with Gasteiger partial charge in [0.25, 0.3) is 5.91 Å². The molecule has 0 saturated carbocycles. The Hall–Kier alpha value is -4.41. The number of benzene rings is 1. The number of rotatable bonds is 7. The van der Waals surface area contributed by atoms with Gasteiger partial charge in [0.1, 0.15) is 17.8 Å². The van der Waals surface area contributed by atoms with Crippen molar-refractivity contribution < 1.29 is 19.0 Å². The molecule has 0 radical (unpaired) electrons. The number of aromatic nitrogens is 6. The van der Waals surface area contributed by atoms with E-state index in [9.17, 15) is 4.79 Å².